The van der Waals surface area contributed by atoms with Crippen LogP contribution in [-0.2, 0) is 27.9 Å². The summed E-state index contributed by atoms with van der Waals surface area (Å²) in [5, 5.41) is 3.08. The monoisotopic (exact) mass is 1310 g/mol. The lowest BCUT2D eigenvalue weighted by atomic mass is 10.0. The van der Waals surface area contributed by atoms with E-state index in [1.807, 2.05) is 33.3 Å². The first-order valence-electron chi connectivity index (χ1n) is 39.4. The molecule has 0 saturated heterocycles. The maximum atomic E-state index is 13.7. The Hall–Kier alpha value is -2.81. The number of esters is 1. The van der Waals surface area contributed by atoms with Crippen molar-refractivity contribution < 1.29 is 37.3 Å². The van der Waals surface area contributed by atoms with Crippen LogP contribution in [0.1, 0.15) is 374 Å². The minimum absolute atomic E-state index is 0.0379. The predicted octanol–water partition coefficient (Wildman–Crippen LogP) is 25.6. The highest BCUT2D eigenvalue weighted by molar-refractivity contribution is 7.47. The lowest BCUT2D eigenvalue weighted by Gasteiger charge is -2.27. The van der Waals surface area contributed by atoms with Crippen LogP contribution >= 0.6 is 7.82 Å². The zero-order valence-corrected chi connectivity index (χ0v) is 62.4. The van der Waals surface area contributed by atoms with Gasteiger partial charge in [-0.3, -0.25) is 18.6 Å². The quantitative estimate of drug-likeness (QED) is 0.0205. The van der Waals surface area contributed by atoms with Crippen LogP contribution in [0, 0.1) is 0 Å². The molecule has 0 aliphatic heterocycles. The number of unbranched alkanes of at least 4 members (excludes halogenated alkanes) is 44. The smallest absolute Gasteiger partial charge is 0.456 e. The van der Waals surface area contributed by atoms with Crippen molar-refractivity contribution >= 4 is 19.7 Å². The number of nitrogens with one attached hydrogen (secondary N) is 1. The molecule has 0 spiro atoms. The van der Waals surface area contributed by atoms with Gasteiger partial charge in [0.25, 0.3) is 0 Å². The van der Waals surface area contributed by atoms with Gasteiger partial charge in [-0.15, -0.1) is 0 Å². The second-order valence-electron chi connectivity index (χ2n) is 27.9. The van der Waals surface area contributed by atoms with Gasteiger partial charge in [-0.2, -0.15) is 0 Å². The summed E-state index contributed by atoms with van der Waals surface area (Å²) in [6, 6.07) is -0.855. The van der Waals surface area contributed by atoms with Crippen LogP contribution in [0.4, 0.5) is 0 Å². The molecule has 0 fully saturated rings. The number of rotatable bonds is 72. The lowest BCUT2D eigenvalue weighted by molar-refractivity contribution is -0.870. The van der Waals surface area contributed by atoms with E-state index in [2.05, 4.69) is 99.0 Å². The van der Waals surface area contributed by atoms with Crippen LogP contribution in [0.2, 0.25) is 0 Å². The molecule has 0 radical (unpaired) electrons. The molecule has 3 atom stereocenters. The molecule has 0 heterocycles. The van der Waals surface area contributed by atoms with Crippen molar-refractivity contribution in [2.24, 2.45) is 0 Å². The first-order valence-corrected chi connectivity index (χ1v) is 40.9. The van der Waals surface area contributed by atoms with Crippen molar-refractivity contribution in [2.75, 3.05) is 40.9 Å². The molecule has 9 nitrogen and oxygen atoms in total. The molecule has 0 aromatic heterocycles. The Morgan fingerprint density at radius 2 is 0.696 bits per heavy atom. The van der Waals surface area contributed by atoms with Gasteiger partial charge < -0.3 is 19.4 Å². The van der Waals surface area contributed by atoms with E-state index in [-0.39, 0.29) is 31.5 Å². The second kappa shape index (κ2) is 71.0. The van der Waals surface area contributed by atoms with Crippen molar-refractivity contribution in [1.82, 2.24) is 5.32 Å². The number of amides is 1. The minimum atomic E-state index is -4.46. The fourth-order valence-electron chi connectivity index (χ4n) is 11.6. The van der Waals surface area contributed by atoms with E-state index >= 15 is 0 Å². The van der Waals surface area contributed by atoms with Gasteiger partial charge >= 0.3 is 13.8 Å². The highest BCUT2D eigenvalue weighted by atomic mass is 31.2. The number of hydrogen-bond acceptors (Lipinski definition) is 6. The number of phosphoric ester groups is 1. The van der Waals surface area contributed by atoms with Crippen molar-refractivity contribution in [1.29, 1.82) is 0 Å². The molecule has 1 amide bonds. The van der Waals surface area contributed by atoms with E-state index in [1.54, 1.807) is 0 Å². The molecule has 0 aromatic rings. The third-order valence-corrected chi connectivity index (χ3v) is 18.6. The summed E-state index contributed by atoms with van der Waals surface area (Å²) in [7, 11) is 1.50. The van der Waals surface area contributed by atoms with Gasteiger partial charge in [0.15, 0.2) is 0 Å². The summed E-state index contributed by atoms with van der Waals surface area (Å²) in [6.45, 7) is 6.95. The summed E-state index contributed by atoms with van der Waals surface area (Å²) in [5.41, 5.74) is 0. The number of likely N-dealkylation sites (N-methyl/N-ethyl adjacent to an activating group) is 1. The highest BCUT2D eigenvalue weighted by Crippen LogP contribution is 2.43. The predicted molar refractivity (Wildman–Crippen MR) is 401 cm³/mol. The standard InChI is InChI=1S/C82H151N2O7P/c1-7-10-13-16-19-22-25-28-30-32-34-36-38-40-42-44-46-48-50-52-54-56-59-62-65-68-71-74-81(85)83-79(78-90-92(87,88)89-77-76-84(4,5)6)80(73-70-67-64-61-58-27-24-21-18-15-12-9-3)91-82(86)75-72-69-66-63-60-57-55-53-51-49-47-45-43-41-39-37-35-33-31-29-26-23-20-17-14-11-8-2/h11,14,20,23,29,31,35,37,41,43,47,49,70,73,79-80H,7-10,12-13,15-19,21-22,24-28,30,32-34,36,38-40,42,44-46,48,50-69,71-72,74-78H2,1-6H3,(H-,83,85,87,88)/p+1/b14-11-,23-20-,31-29-,37-35-,43-41-,49-47-,73-70+. The van der Waals surface area contributed by atoms with Gasteiger partial charge in [0, 0.05) is 12.8 Å². The second-order valence-corrected chi connectivity index (χ2v) is 29.3. The van der Waals surface area contributed by atoms with Crippen molar-refractivity contribution in [3.63, 3.8) is 0 Å². The molecule has 0 aliphatic carbocycles. The van der Waals surface area contributed by atoms with Crippen LogP contribution in [-0.4, -0.2) is 74.3 Å². The summed E-state index contributed by atoms with van der Waals surface area (Å²) in [4.78, 5) is 38.0. The van der Waals surface area contributed by atoms with Crippen LogP contribution in [0.25, 0.3) is 0 Å². The Morgan fingerprint density at radius 1 is 0.391 bits per heavy atom. The SMILES string of the molecule is CC/C=C\C/C=C\C/C=C\C/C=C\C/C=C\C/C=C\CCCCCCCCCCC(=O)OC(/C=C/CCCCCCCCCCCC)C(COP(=O)(O)OCC[N+](C)(C)C)NC(=O)CCCCCCCCCCCCCCCCCCCCCCCCCCCCC. The van der Waals surface area contributed by atoms with Crippen LogP contribution in [0.15, 0.2) is 85.1 Å². The van der Waals surface area contributed by atoms with E-state index in [4.69, 9.17) is 13.8 Å². The zero-order valence-electron chi connectivity index (χ0n) is 61.5. The van der Waals surface area contributed by atoms with E-state index in [0.29, 0.717) is 17.4 Å². The molecule has 0 saturated carbocycles. The fourth-order valence-corrected chi connectivity index (χ4v) is 12.3. The van der Waals surface area contributed by atoms with Gasteiger partial charge in [-0.1, -0.05) is 363 Å². The number of hydrogen-bond donors (Lipinski definition) is 2. The molecule has 0 aromatic carbocycles. The molecular weight excluding hydrogens is 1160 g/mol. The number of allylic oxidation sites excluding steroid dienone is 13. The molecule has 536 valence electrons. The van der Waals surface area contributed by atoms with Gasteiger partial charge in [-0.25, -0.2) is 4.57 Å². The van der Waals surface area contributed by atoms with Crippen molar-refractivity contribution in [3.8, 4) is 0 Å². The average molecular weight is 1310 g/mol. The van der Waals surface area contributed by atoms with Crippen molar-refractivity contribution in [2.45, 2.75) is 386 Å². The van der Waals surface area contributed by atoms with E-state index in [1.165, 1.54) is 231 Å². The third-order valence-electron chi connectivity index (χ3n) is 17.6. The molecular formula is C82H152N2O7P+. The largest absolute Gasteiger partial charge is 0.472 e. The summed E-state index contributed by atoms with van der Waals surface area (Å²) in [5.74, 6) is -0.501. The number of phosphoric acid groups is 1. The number of carbonyl (C=O) groups is 2. The molecule has 2 N–H and O–H groups in total. The lowest BCUT2D eigenvalue weighted by Crippen LogP contribution is -2.47. The average Bonchev–Trinajstić information content (AvgIpc) is 3.72. The summed E-state index contributed by atoms with van der Waals surface area (Å²) < 4.78 is 30.9. The Labute approximate surface area is 571 Å². The first kappa shape index (κ1) is 89.2. The van der Waals surface area contributed by atoms with E-state index in [9.17, 15) is 19.0 Å². The maximum Gasteiger partial charge on any atom is 0.472 e. The minimum Gasteiger partial charge on any atom is -0.456 e. The summed E-state index contributed by atoms with van der Waals surface area (Å²) in [6.07, 6.45) is 96.2. The third kappa shape index (κ3) is 71.5. The van der Waals surface area contributed by atoms with Gasteiger partial charge in [0.1, 0.15) is 19.3 Å². The highest BCUT2D eigenvalue weighted by Gasteiger charge is 2.30. The Balaban J connectivity index is 4.95. The Kier molecular flexibility index (Phi) is 68.8. The van der Waals surface area contributed by atoms with Crippen molar-refractivity contribution in [3.05, 3.63) is 85.1 Å². The zero-order chi connectivity index (χ0) is 67.0. The molecule has 0 bridgehead atoms. The molecule has 10 heteroatoms. The normalized spacial score (nSPS) is 13.9. The molecule has 0 rings (SSSR count). The van der Waals surface area contributed by atoms with Gasteiger partial charge in [-0.05, 0) is 83.1 Å². The van der Waals surface area contributed by atoms with E-state index in [0.717, 1.165) is 109 Å². The number of quaternary nitrogens is 1. The van der Waals surface area contributed by atoms with Crippen LogP contribution in [0.3, 0.4) is 0 Å². The Morgan fingerprint density at radius 3 is 1.04 bits per heavy atom. The fraction of sp³-hybridized carbons (Fsp3) is 0.805. The van der Waals surface area contributed by atoms with Crippen LogP contribution < -0.4 is 5.32 Å². The van der Waals surface area contributed by atoms with Crippen LogP contribution in [0.5, 0.6) is 0 Å². The first-order chi connectivity index (χ1) is 44.9. The topological polar surface area (TPSA) is 111 Å². The summed E-state index contributed by atoms with van der Waals surface area (Å²) >= 11 is 0. The number of carbonyl (C=O) groups excluding carboxylic acids is 2. The maximum absolute atomic E-state index is 13.7. The van der Waals surface area contributed by atoms with Gasteiger partial charge in [0.2, 0.25) is 5.91 Å². The Bertz CT molecular complexity index is 1850. The molecule has 0 aliphatic rings. The molecule has 92 heavy (non-hydrogen) atoms. The number of ether oxygens (including phenoxy) is 1. The van der Waals surface area contributed by atoms with Gasteiger partial charge in [0.05, 0.1) is 33.8 Å². The molecule has 3 unspecified atom stereocenters. The number of nitrogens with zero attached hydrogens (tertiary/aromatic N) is 1. The van der Waals surface area contributed by atoms with E-state index < -0.39 is 20.0 Å².